The summed E-state index contributed by atoms with van der Waals surface area (Å²) in [6.07, 6.45) is -3.69. The summed E-state index contributed by atoms with van der Waals surface area (Å²) in [4.78, 5) is 3.76. The second-order valence-electron chi connectivity index (χ2n) is 2.89. The molecule has 0 N–H and O–H groups in total. The largest absolute Gasteiger partial charge is 0.573 e. The summed E-state index contributed by atoms with van der Waals surface area (Å²) in [5.41, 5.74) is 0.785. The smallest absolute Gasteiger partial charge is 0.404 e. The zero-order valence-corrected chi connectivity index (χ0v) is 10.3. The minimum absolute atomic E-state index is 0.0609. The summed E-state index contributed by atoms with van der Waals surface area (Å²) in [7, 11) is 0. The maximum absolute atomic E-state index is 12.0. The van der Waals surface area contributed by atoms with Gasteiger partial charge < -0.3 is 4.74 Å². The first kappa shape index (κ1) is 13.0. The molecule has 0 aliphatic rings. The van der Waals surface area contributed by atoms with Gasteiger partial charge in [0.2, 0.25) is 0 Å². The third kappa shape index (κ3) is 3.23. The van der Waals surface area contributed by atoms with E-state index in [9.17, 15) is 13.2 Å². The van der Waals surface area contributed by atoms with Crippen LogP contribution >= 0.6 is 22.6 Å². The molecule has 0 atom stereocenters. The van der Waals surface area contributed by atoms with Crippen LogP contribution in [0.15, 0.2) is 6.20 Å². The van der Waals surface area contributed by atoms with Crippen molar-refractivity contribution in [1.82, 2.24) is 4.98 Å². The van der Waals surface area contributed by atoms with E-state index in [-0.39, 0.29) is 12.2 Å². The van der Waals surface area contributed by atoms with Crippen molar-refractivity contribution >= 4 is 22.6 Å². The van der Waals surface area contributed by atoms with Crippen molar-refractivity contribution in [3.05, 3.63) is 21.0 Å². The highest BCUT2D eigenvalue weighted by atomic mass is 127. The molecule has 0 bridgehead atoms. The van der Waals surface area contributed by atoms with Crippen LogP contribution in [0.4, 0.5) is 13.2 Å². The molecule has 0 amide bonds. The maximum Gasteiger partial charge on any atom is 0.573 e. The molecule has 1 rings (SSSR count). The minimum Gasteiger partial charge on any atom is -0.404 e. The average Bonchev–Trinajstić information content (AvgIpc) is 2.16. The van der Waals surface area contributed by atoms with Gasteiger partial charge in [-0.3, -0.25) is 4.98 Å². The Morgan fingerprint density at radius 2 is 2.19 bits per heavy atom. The number of aromatic nitrogens is 1. The van der Waals surface area contributed by atoms with E-state index >= 15 is 0 Å². The van der Waals surface area contributed by atoms with Gasteiger partial charge in [0.15, 0.2) is 5.75 Å². The SMILES string of the molecule is Cc1c(OC(F)(F)F)cnc(CC#N)c1I. The van der Waals surface area contributed by atoms with Crippen LogP contribution < -0.4 is 4.74 Å². The third-order valence-corrected chi connectivity index (χ3v) is 3.19. The van der Waals surface area contributed by atoms with Gasteiger partial charge in [-0.05, 0) is 29.5 Å². The Kier molecular flexibility index (Phi) is 3.96. The predicted molar refractivity (Wildman–Crippen MR) is 57.7 cm³/mol. The Hall–Kier alpha value is -1.04. The Morgan fingerprint density at radius 1 is 1.56 bits per heavy atom. The minimum atomic E-state index is -4.73. The lowest BCUT2D eigenvalue weighted by molar-refractivity contribution is -0.275. The van der Waals surface area contributed by atoms with Crippen LogP contribution in [0.2, 0.25) is 0 Å². The van der Waals surface area contributed by atoms with Gasteiger partial charge in [0.25, 0.3) is 0 Å². The van der Waals surface area contributed by atoms with E-state index in [1.807, 2.05) is 28.7 Å². The highest BCUT2D eigenvalue weighted by molar-refractivity contribution is 14.1. The van der Waals surface area contributed by atoms with E-state index in [0.29, 0.717) is 14.8 Å². The van der Waals surface area contributed by atoms with E-state index in [4.69, 9.17) is 5.26 Å². The third-order valence-electron chi connectivity index (χ3n) is 1.76. The zero-order chi connectivity index (χ0) is 12.3. The van der Waals surface area contributed by atoms with Crippen LogP contribution in [-0.2, 0) is 6.42 Å². The second-order valence-corrected chi connectivity index (χ2v) is 3.97. The molecular formula is C9H6F3IN2O. The molecule has 0 radical (unpaired) electrons. The first-order valence-corrected chi connectivity index (χ1v) is 5.19. The van der Waals surface area contributed by atoms with Crippen LogP contribution in [0.25, 0.3) is 0 Å². The molecule has 7 heteroatoms. The molecule has 0 fully saturated rings. The molecule has 0 unspecified atom stereocenters. The van der Waals surface area contributed by atoms with Crippen LogP contribution in [0, 0.1) is 21.8 Å². The normalized spacial score (nSPS) is 11.0. The molecule has 0 saturated heterocycles. The zero-order valence-electron chi connectivity index (χ0n) is 8.10. The van der Waals surface area contributed by atoms with Gasteiger partial charge in [-0.15, -0.1) is 13.2 Å². The lowest BCUT2D eigenvalue weighted by Crippen LogP contribution is -2.18. The second kappa shape index (κ2) is 4.86. The Bertz CT molecular complexity index is 440. The molecular weight excluding hydrogens is 336 g/mol. The van der Waals surface area contributed by atoms with Gasteiger partial charge >= 0.3 is 6.36 Å². The number of alkyl halides is 3. The number of pyridine rings is 1. The van der Waals surface area contributed by atoms with Gasteiger partial charge in [0.1, 0.15) is 0 Å². The molecule has 16 heavy (non-hydrogen) atoms. The van der Waals surface area contributed by atoms with E-state index in [1.165, 1.54) is 6.92 Å². The molecule has 86 valence electrons. The van der Waals surface area contributed by atoms with Crippen molar-refractivity contribution < 1.29 is 17.9 Å². The van der Waals surface area contributed by atoms with Crippen molar-refractivity contribution in [3.63, 3.8) is 0 Å². The van der Waals surface area contributed by atoms with E-state index < -0.39 is 6.36 Å². The molecule has 1 heterocycles. The van der Waals surface area contributed by atoms with Crippen LogP contribution in [0.5, 0.6) is 5.75 Å². The fraction of sp³-hybridized carbons (Fsp3) is 0.333. The molecule has 0 aliphatic heterocycles. The highest BCUT2D eigenvalue weighted by Crippen LogP contribution is 2.29. The van der Waals surface area contributed by atoms with Crippen molar-refractivity contribution in [3.8, 4) is 11.8 Å². The van der Waals surface area contributed by atoms with Crippen molar-refractivity contribution in [2.24, 2.45) is 0 Å². The summed E-state index contributed by atoms with van der Waals surface area (Å²) >= 11 is 1.84. The lowest BCUT2D eigenvalue weighted by atomic mass is 10.2. The summed E-state index contributed by atoms with van der Waals surface area (Å²) in [6.45, 7) is 1.49. The van der Waals surface area contributed by atoms with Gasteiger partial charge in [0, 0.05) is 9.13 Å². The predicted octanol–water partition coefficient (Wildman–Crippen LogP) is 2.96. The molecule has 1 aromatic rings. The molecule has 0 saturated carbocycles. The van der Waals surface area contributed by atoms with Gasteiger partial charge in [0.05, 0.1) is 24.4 Å². The number of ether oxygens (including phenoxy) is 1. The van der Waals surface area contributed by atoms with Gasteiger partial charge in [-0.25, -0.2) is 0 Å². The Morgan fingerprint density at radius 3 is 2.69 bits per heavy atom. The number of hydrogen-bond donors (Lipinski definition) is 0. The number of halogens is 4. The first-order valence-electron chi connectivity index (χ1n) is 4.12. The van der Waals surface area contributed by atoms with E-state index in [0.717, 1.165) is 6.20 Å². The van der Waals surface area contributed by atoms with Crippen LogP contribution in [0.3, 0.4) is 0 Å². The molecule has 3 nitrogen and oxygen atoms in total. The molecule has 0 aromatic carbocycles. The number of rotatable bonds is 2. The van der Waals surface area contributed by atoms with Crippen molar-refractivity contribution in [2.45, 2.75) is 19.7 Å². The summed E-state index contributed by atoms with van der Waals surface area (Å²) in [5.74, 6) is -0.335. The summed E-state index contributed by atoms with van der Waals surface area (Å²) < 4.78 is 40.3. The van der Waals surface area contributed by atoms with Crippen LogP contribution in [-0.4, -0.2) is 11.3 Å². The fourth-order valence-electron chi connectivity index (χ4n) is 1.04. The Labute approximate surface area is 103 Å². The molecule has 0 spiro atoms. The number of nitrogens with zero attached hydrogens (tertiary/aromatic N) is 2. The summed E-state index contributed by atoms with van der Waals surface area (Å²) in [6, 6.07) is 1.89. The molecule has 1 aromatic heterocycles. The monoisotopic (exact) mass is 342 g/mol. The first-order chi connectivity index (χ1) is 7.35. The standard InChI is InChI=1S/C9H6F3IN2O/c1-5-7(16-9(10,11)12)4-15-6(2-3-14)8(5)13/h4H,2H2,1H3. The average molecular weight is 342 g/mol. The maximum atomic E-state index is 12.0. The van der Waals surface area contributed by atoms with Crippen molar-refractivity contribution in [2.75, 3.05) is 0 Å². The van der Waals surface area contributed by atoms with E-state index in [1.54, 1.807) is 0 Å². The van der Waals surface area contributed by atoms with Crippen molar-refractivity contribution in [1.29, 1.82) is 5.26 Å². The topological polar surface area (TPSA) is 45.9 Å². The lowest BCUT2D eigenvalue weighted by Gasteiger charge is -2.12. The van der Waals surface area contributed by atoms with Crippen LogP contribution in [0.1, 0.15) is 11.3 Å². The molecule has 0 aliphatic carbocycles. The van der Waals surface area contributed by atoms with Gasteiger partial charge in [-0.1, -0.05) is 0 Å². The number of hydrogen-bond acceptors (Lipinski definition) is 3. The summed E-state index contributed by atoms with van der Waals surface area (Å²) in [5, 5.41) is 8.49. The quantitative estimate of drug-likeness (QED) is 0.777. The van der Waals surface area contributed by atoms with E-state index in [2.05, 4.69) is 9.72 Å². The van der Waals surface area contributed by atoms with Gasteiger partial charge in [-0.2, -0.15) is 5.26 Å². The Balaban J connectivity index is 3.08. The fourth-order valence-corrected chi connectivity index (χ4v) is 1.64. The highest BCUT2D eigenvalue weighted by Gasteiger charge is 2.32. The number of nitriles is 1.